The number of nitrogens with zero attached hydrogens (tertiary/aromatic N) is 1. The van der Waals surface area contributed by atoms with E-state index in [9.17, 15) is 13.6 Å². The molecule has 1 aromatic carbocycles. The molecule has 0 aliphatic rings. The predicted octanol–water partition coefficient (Wildman–Crippen LogP) is 1.01. The highest BCUT2D eigenvalue weighted by molar-refractivity contribution is 5.95. The van der Waals surface area contributed by atoms with Crippen molar-refractivity contribution < 1.29 is 18.7 Å². The van der Waals surface area contributed by atoms with E-state index in [2.05, 4.69) is 5.32 Å². The molecule has 0 radical (unpaired) electrons. The minimum Gasteiger partial charge on any atom is -0.397 e. The van der Waals surface area contributed by atoms with Gasteiger partial charge in [-0.25, -0.2) is 8.78 Å². The van der Waals surface area contributed by atoms with Gasteiger partial charge in [0, 0.05) is 19.7 Å². The number of hydrogen-bond acceptors (Lipinski definition) is 4. The molecule has 7 heteroatoms. The maximum Gasteiger partial charge on any atom is 0.287 e. The molecule has 0 aliphatic heterocycles. The molecular formula is C12H17F2N3O2. The molecule has 0 saturated heterocycles. The lowest BCUT2D eigenvalue weighted by atomic mass is 10.1. The quantitative estimate of drug-likeness (QED) is 0.700. The average molecular weight is 273 g/mol. The van der Waals surface area contributed by atoms with Crippen LogP contribution in [0.4, 0.5) is 20.2 Å². The standard InChI is InChI=1S/C12H17F2N3O2/c1-17(2)11(19)8-3-4-10(9(15)5-8)16-6-12(13,14)7-18/h3-5,16,18H,6-7,15H2,1-2H3. The van der Waals surface area contributed by atoms with Crippen molar-refractivity contribution in [2.45, 2.75) is 5.92 Å². The molecule has 19 heavy (non-hydrogen) atoms. The molecule has 106 valence electrons. The van der Waals surface area contributed by atoms with E-state index in [1.54, 1.807) is 14.1 Å². The van der Waals surface area contributed by atoms with Gasteiger partial charge in [0.15, 0.2) is 0 Å². The van der Waals surface area contributed by atoms with E-state index in [0.717, 1.165) is 0 Å². The van der Waals surface area contributed by atoms with Gasteiger partial charge in [-0.15, -0.1) is 0 Å². The van der Waals surface area contributed by atoms with Crippen molar-refractivity contribution in [3.8, 4) is 0 Å². The Labute approximate surface area is 110 Å². The first-order chi connectivity index (χ1) is 8.76. The van der Waals surface area contributed by atoms with Crippen LogP contribution in [0.15, 0.2) is 18.2 Å². The third-order valence-corrected chi connectivity index (χ3v) is 2.47. The number of nitrogens with two attached hydrogens (primary N) is 1. The number of alkyl halides is 2. The Morgan fingerprint density at radius 3 is 2.58 bits per heavy atom. The highest BCUT2D eigenvalue weighted by Crippen LogP contribution is 2.22. The Kier molecular flexibility index (Phi) is 4.66. The van der Waals surface area contributed by atoms with Crippen LogP contribution >= 0.6 is 0 Å². The molecule has 0 bridgehead atoms. The van der Waals surface area contributed by atoms with Gasteiger partial charge in [0.25, 0.3) is 11.8 Å². The lowest BCUT2D eigenvalue weighted by Crippen LogP contribution is -2.31. The Hall–Kier alpha value is -1.89. The molecule has 0 unspecified atom stereocenters. The van der Waals surface area contributed by atoms with Crippen molar-refractivity contribution in [1.29, 1.82) is 0 Å². The zero-order valence-corrected chi connectivity index (χ0v) is 10.8. The van der Waals surface area contributed by atoms with Crippen LogP contribution in [0.25, 0.3) is 0 Å². The molecular weight excluding hydrogens is 256 g/mol. The van der Waals surface area contributed by atoms with Gasteiger partial charge in [-0.1, -0.05) is 0 Å². The van der Waals surface area contributed by atoms with E-state index in [-0.39, 0.29) is 11.6 Å². The van der Waals surface area contributed by atoms with Crippen molar-refractivity contribution >= 4 is 17.3 Å². The molecule has 1 rings (SSSR count). The van der Waals surface area contributed by atoms with Gasteiger partial charge < -0.3 is 21.1 Å². The molecule has 0 saturated carbocycles. The number of carbonyl (C=O) groups excluding carboxylic acids is 1. The SMILES string of the molecule is CN(C)C(=O)c1ccc(NCC(F)(F)CO)c(N)c1. The van der Waals surface area contributed by atoms with Gasteiger partial charge in [-0.3, -0.25) is 4.79 Å². The number of nitrogen functional groups attached to an aromatic ring is 1. The minimum atomic E-state index is -3.22. The zero-order chi connectivity index (χ0) is 14.6. The van der Waals surface area contributed by atoms with E-state index < -0.39 is 19.1 Å². The van der Waals surface area contributed by atoms with Crippen LogP contribution in [-0.2, 0) is 0 Å². The van der Waals surface area contributed by atoms with Crippen molar-refractivity contribution in [1.82, 2.24) is 4.90 Å². The first kappa shape index (κ1) is 15.2. The van der Waals surface area contributed by atoms with Crippen LogP contribution in [0, 0.1) is 0 Å². The lowest BCUT2D eigenvalue weighted by molar-refractivity contribution is -0.0372. The summed E-state index contributed by atoms with van der Waals surface area (Å²) in [6, 6.07) is 4.37. The molecule has 1 aromatic rings. The summed E-state index contributed by atoms with van der Waals surface area (Å²) in [6.45, 7) is -1.97. The molecule has 0 fully saturated rings. The van der Waals surface area contributed by atoms with Crippen LogP contribution in [0.2, 0.25) is 0 Å². The molecule has 4 N–H and O–H groups in total. The van der Waals surface area contributed by atoms with E-state index >= 15 is 0 Å². The van der Waals surface area contributed by atoms with E-state index in [1.807, 2.05) is 0 Å². The van der Waals surface area contributed by atoms with E-state index in [0.29, 0.717) is 11.3 Å². The number of rotatable bonds is 5. The predicted molar refractivity (Wildman–Crippen MR) is 69.4 cm³/mol. The minimum absolute atomic E-state index is 0.196. The van der Waals surface area contributed by atoms with Crippen molar-refractivity contribution in [3.05, 3.63) is 23.8 Å². The number of aliphatic hydroxyl groups excluding tert-OH is 1. The van der Waals surface area contributed by atoms with Gasteiger partial charge in [0.2, 0.25) is 0 Å². The summed E-state index contributed by atoms with van der Waals surface area (Å²) in [4.78, 5) is 13.1. The highest BCUT2D eigenvalue weighted by atomic mass is 19.3. The Balaban J connectivity index is 2.81. The van der Waals surface area contributed by atoms with Crippen LogP contribution < -0.4 is 11.1 Å². The number of anilines is 2. The number of benzene rings is 1. The number of nitrogens with one attached hydrogen (secondary N) is 1. The van der Waals surface area contributed by atoms with Crippen molar-refractivity contribution in [3.63, 3.8) is 0 Å². The fraction of sp³-hybridized carbons (Fsp3) is 0.417. The largest absolute Gasteiger partial charge is 0.397 e. The number of amides is 1. The molecule has 0 aliphatic carbocycles. The smallest absolute Gasteiger partial charge is 0.287 e. The van der Waals surface area contributed by atoms with Crippen molar-refractivity contribution in [2.75, 3.05) is 38.3 Å². The summed E-state index contributed by atoms with van der Waals surface area (Å²) in [6.07, 6.45) is 0. The summed E-state index contributed by atoms with van der Waals surface area (Å²) in [5.74, 6) is -3.44. The van der Waals surface area contributed by atoms with Crippen molar-refractivity contribution in [2.24, 2.45) is 0 Å². The van der Waals surface area contributed by atoms with Gasteiger partial charge in [-0.2, -0.15) is 0 Å². The number of halogens is 2. The van der Waals surface area contributed by atoms with E-state index in [1.165, 1.54) is 23.1 Å². The molecule has 0 spiro atoms. The second-order valence-corrected chi connectivity index (χ2v) is 4.37. The zero-order valence-electron chi connectivity index (χ0n) is 10.8. The second-order valence-electron chi connectivity index (χ2n) is 4.37. The number of hydrogen-bond donors (Lipinski definition) is 3. The van der Waals surface area contributed by atoms with Gasteiger partial charge in [0.05, 0.1) is 17.9 Å². The normalized spacial score (nSPS) is 11.2. The Morgan fingerprint density at radius 2 is 2.11 bits per heavy atom. The number of aliphatic hydroxyl groups is 1. The van der Waals surface area contributed by atoms with Crippen LogP contribution in [0.5, 0.6) is 0 Å². The van der Waals surface area contributed by atoms with Gasteiger partial charge >= 0.3 is 0 Å². The van der Waals surface area contributed by atoms with Crippen LogP contribution in [-0.4, -0.2) is 49.1 Å². The first-order valence-corrected chi connectivity index (χ1v) is 5.60. The molecule has 1 amide bonds. The summed E-state index contributed by atoms with van der Waals surface area (Å²) < 4.78 is 25.7. The average Bonchev–Trinajstić information content (AvgIpc) is 2.36. The fourth-order valence-electron chi connectivity index (χ4n) is 1.40. The summed E-state index contributed by atoms with van der Waals surface area (Å²) in [7, 11) is 3.21. The topological polar surface area (TPSA) is 78.6 Å². The Morgan fingerprint density at radius 1 is 1.47 bits per heavy atom. The fourth-order valence-corrected chi connectivity index (χ4v) is 1.40. The molecule has 5 nitrogen and oxygen atoms in total. The molecule has 0 aromatic heterocycles. The van der Waals surface area contributed by atoms with Gasteiger partial charge in [-0.05, 0) is 18.2 Å². The third-order valence-electron chi connectivity index (χ3n) is 2.47. The first-order valence-electron chi connectivity index (χ1n) is 5.60. The monoisotopic (exact) mass is 273 g/mol. The van der Waals surface area contributed by atoms with Crippen LogP contribution in [0.3, 0.4) is 0 Å². The third kappa shape index (κ3) is 4.06. The van der Waals surface area contributed by atoms with Gasteiger partial charge in [0.1, 0.15) is 6.61 Å². The highest BCUT2D eigenvalue weighted by Gasteiger charge is 2.27. The summed E-state index contributed by atoms with van der Waals surface area (Å²) in [5, 5.41) is 10.9. The van der Waals surface area contributed by atoms with E-state index in [4.69, 9.17) is 10.8 Å². The molecule has 0 heterocycles. The summed E-state index contributed by atoms with van der Waals surface area (Å²) in [5.41, 5.74) is 6.56. The molecule has 0 atom stereocenters. The maximum absolute atomic E-state index is 12.9. The maximum atomic E-state index is 12.9. The summed E-state index contributed by atoms with van der Waals surface area (Å²) >= 11 is 0. The number of carbonyl (C=O) groups is 1. The lowest BCUT2D eigenvalue weighted by Gasteiger charge is -2.17. The second kappa shape index (κ2) is 5.83. The Bertz CT molecular complexity index is 464. The van der Waals surface area contributed by atoms with Crippen LogP contribution in [0.1, 0.15) is 10.4 Å².